The molecule has 3 atom stereocenters. The van der Waals surface area contributed by atoms with Gasteiger partial charge in [-0.3, -0.25) is 0 Å². The molecule has 2 bridgehead atoms. The Morgan fingerprint density at radius 1 is 1.59 bits per heavy atom. The molecule has 0 aromatic carbocycles. The molecule has 1 amide bonds. The van der Waals surface area contributed by atoms with E-state index in [2.05, 4.69) is 5.32 Å². The highest BCUT2D eigenvalue weighted by Crippen LogP contribution is 2.36. The summed E-state index contributed by atoms with van der Waals surface area (Å²) in [6.45, 7) is 5.84. The number of nitrogens with one attached hydrogen (secondary N) is 1. The summed E-state index contributed by atoms with van der Waals surface area (Å²) in [5.74, 6) is 0. The molecule has 0 aliphatic carbocycles. The van der Waals surface area contributed by atoms with Crippen LogP contribution in [0.4, 0.5) is 4.79 Å². The smallest absolute Gasteiger partial charge is 0.408 e. The lowest BCUT2D eigenvalue weighted by atomic mass is 9.86. The zero-order valence-corrected chi connectivity index (χ0v) is 10.5. The highest BCUT2D eigenvalue weighted by molar-refractivity contribution is 5.69. The van der Waals surface area contributed by atoms with E-state index >= 15 is 0 Å². The summed E-state index contributed by atoms with van der Waals surface area (Å²) >= 11 is 0. The molecule has 1 fully saturated rings. The molecule has 2 rings (SSSR count). The normalized spacial score (nSPS) is 35.1. The zero-order valence-electron chi connectivity index (χ0n) is 10.5. The number of amides is 1. The molecular formula is C12H20N2O3. The van der Waals surface area contributed by atoms with Crippen molar-refractivity contribution in [3.05, 3.63) is 12.2 Å². The number of carbonyl (C=O) groups excluding carboxylic acids is 1. The highest BCUT2D eigenvalue weighted by atomic mass is 16.6. The largest absolute Gasteiger partial charge is 0.444 e. The van der Waals surface area contributed by atoms with Crippen molar-refractivity contribution in [1.82, 2.24) is 5.32 Å². The van der Waals surface area contributed by atoms with Crippen molar-refractivity contribution < 1.29 is 14.3 Å². The maximum absolute atomic E-state index is 11.8. The second kappa shape index (κ2) is 3.99. The summed E-state index contributed by atoms with van der Waals surface area (Å²) in [5, 5.41) is 2.87. The van der Waals surface area contributed by atoms with Crippen LogP contribution in [0.3, 0.4) is 0 Å². The van der Waals surface area contributed by atoms with E-state index in [0.29, 0.717) is 13.0 Å². The maximum atomic E-state index is 11.8. The van der Waals surface area contributed by atoms with Gasteiger partial charge >= 0.3 is 6.09 Å². The molecular weight excluding hydrogens is 220 g/mol. The van der Waals surface area contributed by atoms with Gasteiger partial charge in [-0.05, 0) is 20.8 Å². The van der Waals surface area contributed by atoms with Crippen LogP contribution in [0.25, 0.3) is 0 Å². The van der Waals surface area contributed by atoms with E-state index in [9.17, 15) is 4.79 Å². The molecule has 2 aliphatic rings. The molecule has 17 heavy (non-hydrogen) atoms. The first kappa shape index (κ1) is 12.4. The molecule has 0 radical (unpaired) electrons. The van der Waals surface area contributed by atoms with E-state index in [1.165, 1.54) is 0 Å². The summed E-state index contributed by atoms with van der Waals surface area (Å²) in [4.78, 5) is 11.8. The summed E-state index contributed by atoms with van der Waals surface area (Å²) in [7, 11) is 0. The number of carbonyl (C=O) groups is 1. The molecule has 5 nitrogen and oxygen atoms in total. The van der Waals surface area contributed by atoms with E-state index in [4.69, 9.17) is 15.2 Å². The molecule has 3 N–H and O–H groups in total. The van der Waals surface area contributed by atoms with Gasteiger partial charge in [0.1, 0.15) is 11.7 Å². The van der Waals surface area contributed by atoms with Crippen LogP contribution in [0.15, 0.2) is 12.2 Å². The topological polar surface area (TPSA) is 73.6 Å². The first-order valence-electron chi connectivity index (χ1n) is 5.90. The van der Waals surface area contributed by atoms with E-state index < -0.39 is 17.2 Å². The Morgan fingerprint density at radius 2 is 2.29 bits per heavy atom. The predicted molar refractivity (Wildman–Crippen MR) is 63.6 cm³/mol. The zero-order chi connectivity index (χ0) is 12.7. The lowest BCUT2D eigenvalue weighted by Gasteiger charge is -2.33. The molecule has 1 saturated heterocycles. The SMILES string of the molecule is CC(C)(C)OC(=O)NC1(CN)CC2C=CC1O2. The lowest BCUT2D eigenvalue weighted by Crippen LogP contribution is -2.59. The average molecular weight is 240 g/mol. The molecule has 0 spiro atoms. The molecule has 0 aromatic heterocycles. The number of hydrogen-bond acceptors (Lipinski definition) is 4. The minimum atomic E-state index is -0.512. The van der Waals surface area contributed by atoms with Crippen LogP contribution in [0.1, 0.15) is 27.2 Å². The second-order valence-corrected chi connectivity index (χ2v) is 5.67. The first-order valence-corrected chi connectivity index (χ1v) is 5.90. The lowest BCUT2D eigenvalue weighted by molar-refractivity contribution is 0.0393. The van der Waals surface area contributed by atoms with Gasteiger partial charge in [0.2, 0.25) is 0 Å². The van der Waals surface area contributed by atoms with E-state index in [1.807, 2.05) is 32.9 Å². The van der Waals surface area contributed by atoms with Crippen LogP contribution >= 0.6 is 0 Å². The first-order chi connectivity index (χ1) is 7.85. The highest BCUT2D eigenvalue weighted by Gasteiger charge is 2.50. The quantitative estimate of drug-likeness (QED) is 0.704. The Hall–Kier alpha value is -1.07. The second-order valence-electron chi connectivity index (χ2n) is 5.67. The Morgan fingerprint density at radius 3 is 2.71 bits per heavy atom. The number of nitrogens with two attached hydrogens (primary N) is 1. The van der Waals surface area contributed by atoms with Gasteiger partial charge in [0.05, 0.1) is 11.6 Å². The third-order valence-electron chi connectivity index (χ3n) is 3.05. The van der Waals surface area contributed by atoms with E-state index in [0.717, 1.165) is 0 Å². The molecule has 5 heteroatoms. The van der Waals surface area contributed by atoms with Crippen LogP contribution in [0.5, 0.6) is 0 Å². The minimum absolute atomic E-state index is 0.0680. The van der Waals surface area contributed by atoms with E-state index in [-0.39, 0.29) is 12.2 Å². The van der Waals surface area contributed by atoms with Crippen molar-refractivity contribution in [2.24, 2.45) is 5.73 Å². The van der Waals surface area contributed by atoms with Gasteiger partial charge in [-0.25, -0.2) is 4.79 Å². The molecule has 2 heterocycles. The predicted octanol–water partition coefficient (Wildman–Crippen LogP) is 0.936. The van der Waals surface area contributed by atoms with Crippen molar-refractivity contribution in [3.63, 3.8) is 0 Å². The third kappa shape index (κ3) is 2.45. The number of hydrogen-bond donors (Lipinski definition) is 2. The fraction of sp³-hybridized carbons (Fsp3) is 0.750. The van der Waals surface area contributed by atoms with Crippen molar-refractivity contribution in [2.75, 3.05) is 6.54 Å². The molecule has 3 unspecified atom stereocenters. The number of ether oxygens (including phenoxy) is 2. The van der Waals surface area contributed by atoms with Crippen LogP contribution in [0.2, 0.25) is 0 Å². The van der Waals surface area contributed by atoms with Crippen LogP contribution in [0, 0.1) is 0 Å². The molecule has 96 valence electrons. The van der Waals surface area contributed by atoms with Gasteiger partial charge in [-0.1, -0.05) is 12.2 Å². The summed E-state index contributed by atoms with van der Waals surface area (Å²) in [6.07, 6.45) is 4.17. The number of fused-ring (bicyclic) bond motifs is 2. The standard InChI is InChI=1S/C12H20N2O3/c1-11(2,3)17-10(15)14-12(7-13)6-8-4-5-9(12)16-8/h4-5,8-9H,6-7,13H2,1-3H3,(H,14,15). The van der Waals surface area contributed by atoms with Gasteiger partial charge in [-0.2, -0.15) is 0 Å². The van der Waals surface area contributed by atoms with Crippen LogP contribution < -0.4 is 11.1 Å². The fourth-order valence-electron chi connectivity index (χ4n) is 2.29. The fourth-order valence-corrected chi connectivity index (χ4v) is 2.29. The molecule has 2 aliphatic heterocycles. The third-order valence-corrected chi connectivity index (χ3v) is 3.05. The number of alkyl carbamates (subject to hydrolysis) is 1. The van der Waals surface area contributed by atoms with Crippen molar-refractivity contribution >= 4 is 6.09 Å². The van der Waals surface area contributed by atoms with Gasteiger partial charge < -0.3 is 20.5 Å². The summed E-state index contributed by atoms with van der Waals surface area (Å²) < 4.78 is 10.9. The maximum Gasteiger partial charge on any atom is 0.408 e. The average Bonchev–Trinajstić information content (AvgIpc) is 2.74. The van der Waals surface area contributed by atoms with Gasteiger partial charge in [0.25, 0.3) is 0 Å². The molecule has 0 aromatic rings. The Kier molecular flexibility index (Phi) is 2.91. The van der Waals surface area contributed by atoms with E-state index in [1.54, 1.807) is 0 Å². The van der Waals surface area contributed by atoms with Crippen molar-refractivity contribution in [1.29, 1.82) is 0 Å². The van der Waals surface area contributed by atoms with Gasteiger partial charge in [-0.15, -0.1) is 0 Å². The Bertz CT molecular complexity index is 348. The summed E-state index contributed by atoms with van der Waals surface area (Å²) in [6, 6.07) is 0. The molecule has 0 saturated carbocycles. The monoisotopic (exact) mass is 240 g/mol. The Balaban J connectivity index is 2.02. The van der Waals surface area contributed by atoms with Crippen LogP contribution in [-0.2, 0) is 9.47 Å². The number of rotatable bonds is 2. The minimum Gasteiger partial charge on any atom is -0.444 e. The van der Waals surface area contributed by atoms with Crippen molar-refractivity contribution in [3.8, 4) is 0 Å². The van der Waals surface area contributed by atoms with Crippen LogP contribution in [-0.4, -0.2) is 36.0 Å². The van der Waals surface area contributed by atoms with Crippen molar-refractivity contribution in [2.45, 2.75) is 50.5 Å². The summed E-state index contributed by atoms with van der Waals surface area (Å²) in [5.41, 5.74) is 4.77. The van der Waals surface area contributed by atoms with Gasteiger partial charge in [0, 0.05) is 13.0 Å². The van der Waals surface area contributed by atoms with Gasteiger partial charge in [0.15, 0.2) is 0 Å². The Labute approximate surface area is 101 Å².